The topological polar surface area (TPSA) is 43.4 Å². The number of halogens is 10. The smallest absolute Gasteiger partial charge is 0.376 e. The molecule has 0 aliphatic rings. The van der Waals surface area contributed by atoms with Crippen LogP contribution in [0.15, 0.2) is 36.4 Å². The van der Waals surface area contributed by atoms with E-state index >= 15 is 0 Å². The van der Waals surface area contributed by atoms with Crippen molar-refractivity contribution in [2.45, 2.75) is 23.3 Å². The van der Waals surface area contributed by atoms with Gasteiger partial charge in [-0.05, 0) is 18.2 Å². The van der Waals surface area contributed by atoms with Crippen LogP contribution in [0, 0.1) is 0 Å². The van der Waals surface area contributed by atoms with E-state index in [1.54, 1.807) is 12.1 Å². The van der Waals surface area contributed by atoms with Crippen molar-refractivity contribution in [3.05, 3.63) is 41.4 Å². The minimum atomic E-state index is -7.39. The molecule has 0 radical (unpaired) electrons. The molecule has 0 fully saturated rings. The second-order valence-electron chi connectivity index (χ2n) is 6.05. The van der Waals surface area contributed by atoms with Crippen molar-refractivity contribution in [2.75, 3.05) is 0 Å². The van der Waals surface area contributed by atoms with Crippen LogP contribution in [0.1, 0.15) is 0 Å². The summed E-state index contributed by atoms with van der Waals surface area (Å²) < 4.78 is 145. The summed E-state index contributed by atoms with van der Waals surface area (Å²) in [7, 11) is -7.06. The molecule has 3 aromatic rings. The van der Waals surface area contributed by atoms with E-state index in [2.05, 4.69) is 4.18 Å². The van der Waals surface area contributed by atoms with Gasteiger partial charge >= 0.3 is 33.4 Å². The van der Waals surface area contributed by atoms with Gasteiger partial charge in [0.2, 0.25) is 0 Å². The fraction of sp³-hybridized carbons (Fsp3) is 0.250. The number of alkyl halides is 9. The molecule has 0 aliphatic heterocycles. The van der Waals surface area contributed by atoms with Gasteiger partial charge < -0.3 is 4.18 Å². The molecule has 0 amide bonds. The van der Waals surface area contributed by atoms with Crippen molar-refractivity contribution >= 4 is 53.2 Å². The molecule has 0 unspecified atom stereocenters. The summed E-state index contributed by atoms with van der Waals surface area (Å²) in [6, 6.07) is 7.74. The van der Waals surface area contributed by atoms with Crippen molar-refractivity contribution < 1.29 is 52.1 Å². The maximum Gasteiger partial charge on any atom is 0.460 e. The molecular formula is C16H6ClF9O3S2. The van der Waals surface area contributed by atoms with Crippen LogP contribution in [0.25, 0.3) is 20.2 Å². The molecular weight excluding hydrogens is 511 g/mol. The summed E-state index contributed by atoms with van der Waals surface area (Å²) >= 11 is 6.74. The van der Waals surface area contributed by atoms with Crippen molar-refractivity contribution in [3.8, 4) is 5.75 Å². The van der Waals surface area contributed by atoms with Crippen molar-refractivity contribution in [2.24, 2.45) is 0 Å². The quantitative estimate of drug-likeness (QED) is 0.275. The first-order valence-electron chi connectivity index (χ1n) is 7.69. The Bertz CT molecular complexity index is 1270. The molecule has 1 heterocycles. The van der Waals surface area contributed by atoms with Crippen LogP contribution in [-0.4, -0.2) is 31.7 Å². The third kappa shape index (κ3) is 3.39. The molecule has 170 valence electrons. The van der Waals surface area contributed by atoms with Crippen LogP contribution < -0.4 is 4.18 Å². The predicted molar refractivity (Wildman–Crippen MR) is 94.8 cm³/mol. The molecule has 0 spiro atoms. The molecule has 0 saturated carbocycles. The maximum atomic E-state index is 13.9. The summed E-state index contributed by atoms with van der Waals surface area (Å²) in [5.74, 6) is -15.8. The van der Waals surface area contributed by atoms with Crippen LogP contribution in [0.2, 0.25) is 5.02 Å². The Balaban J connectivity index is 2.14. The predicted octanol–water partition coefficient (Wildman–Crippen LogP) is 6.84. The van der Waals surface area contributed by atoms with Gasteiger partial charge in [0.25, 0.3) is 0 Å². The highest BCUT2D eigenvalue weighted by molar-refractivity contribution is 7.88. The van der Waals surface area contributed by atoms with Crippen LogP contribution in [0.5, 0.6) is 5.75 Å². The van der Waals surface area contributed by atoms with E-state index in [1.165, 1.54) is 12.1 Å². The van der Waals surface area contributed by atoms with Gasteiger partial charge in [-0.2, -0.15) is 47.9 Å². The second kappa shape index (κ2) is 7.04. The fourth-order valence-electron chi connectivity index (χ4n) is 2.52. The van der Waals surface area contributed by atoms with Crippen molar-refractivity contribution in [1.29, 1.82) is 0 Å². The van der Waals surface area contributed by atoms with Crippen molar-refractivity contribution in [1.82, 2.24) is 0 Å². The zero-order valence-electron chi connectivity index (χ0n) is 14.3. The van der Waals surface area contributed by atoms with Gasteiger partial charge in [-0.3, -0.25) is 0 Å². The van der Waals surface area contributed by atoms with Crippen LogP contribution in [0.4, 0.5) is 39.5 Å². The van der Waals surface area contributed by atoms with Crippen LogP contribution in [0.3, 0.4) is 0 Å². The Morgan fingerprint density at radius 3 is 2.00 bits per heavy atom. The molecule has 0 saturated heterocycles. The maximum absolute atomic E-state index is 13.9. The van der Waals surface area contributed by atoms with Crippen LogP contribution in [-0.2, 0) is 10.1 Å². The van der Waals surface area contributed by atoms with Gasteiger partial charge in [-0.25, -0.2) is 0 Å². The lowest BCUT2D eigenvalue weighted by Crippen LogP contribution is -2.63. The first-order valence-corrected chi connectivity index (χ1v) is 10.3. The van der Waals surface area contributed by atoms with E-state index in [-0.39, 0.29) is 15.1 Å². The summed E-state index contributed by atoms with van der Waals surface area (Å²) in [5.41, 5.74) is 0. The molecule has 0 N–H and O–H groups in total. The molecule has 31 heavy (non-hydrogen) atoms. The highest BCUT2D eigenvalue weighted by atomic mass is 35.5. The summed E-state index contributed by atoms with van der Waals surface area (Å²) in [6.45, 7) is 0. The lowest BCUT2D eigenvalue weighted by atomic mass is 10.1. The van der Waals surface area contributed by atoms with Gasteiger partial charge in [0.05, 0.1) is 9.72 Å². The largest absolute Gasteiger partial charge is 0.460 e. The Labute approximate surface area is 176 Å². The van der Waals surface area contributed by atoms with E-state index in [0.717, 1.165) is 17.4 Å². The highest BCUT2D eigenvalue weighted by Gasteiger charge is 2.86. The fourth-order valence-corrected chi connectivity index (χ4v) is 4.99. The van der Waals surface area contributed by atoms with Gasteiger partial charge in [0.1, 0.15) is 0 Å². The number of hydrogen-bond donors (Lipinski definition) is 0. The zero-order chi connectivity index (χ0) is 23.6. The van der Waals surface area contributed by atoms with E-state index in [9.17, 15) is 47.9 Å². The number of thiophene rings is 1. The van der Waals surface area contributed by atoms with E-state index < -0.39 is 39.1 Å². The molecule has 2 aromatic carbocycles. The van der Waals surface area contributed by atoms with Gasteiger partial charge in [0.15, 0.2) is 5.75 Å². The van der Waals surface area contributed by atoms with E-state index in [1.807, 2.05) is 0 Å². The second-order valence-corrected chi connectivity index (χ2v) is 9.10. The molecule has 3 nitrogen and oxygen atoms in total. The lowest BCUT2D eigenvalue weighted by Gasteiger charge is -2.32. The third-order valence-electron chi connectivity index (χ3n) is 4.07. The monoisotopic (exact) mass is 516 g/mol. The minimum absolute atomic E-state index is 0.0158. The number of benzene rings is 2. The average molecular weight is 517 g/mol. The van der Waals surface area contributed by atoms with Gasteiger partial charge in [-0.15, -0.1) is 11.3 Å². The summed E-state index contributed by atoms with van der Waals surface area (Å²) in [4.78, 5) is 0. The molecule has 1 aromatic heterocycles. The van der Waals surface area contributed by atoms with Gasteiger partial charge in [-0.1, -0.05) is 29.8 Å². The minimum Gasteiger partial charge on any atom is -0.376 e. The first-order chi connectivity index (χ1) is 14.0. The number of fused-ring (bicyclic) bond motifs is 3. The Morgan fingerprint density at radius 2 is 1.42 bits per heavy atom. The first kappa shape index (κ1) is 23.7. The SMILES string of the molecule is O=S(=O)(Oc1ccc(Cl)c2c1sc1ccccc12)C(F)(F)C(F)(F)C(F)(F)C(F)(F)F. The number of rotatable bonds is 5. The molecule has 0 bridgehead atoms. The standard InChI is InChI=1S/C16H6ClF9O3S2/c17-8-5-6-9(12-11(8)7-3-1-2-4-10(7)30-12)29-31(27,28)16(25,26)14(20,21)13(18,19)15(22,23)24/h1-6H. The Kier molecular flexibility index (Phi) is 5.39. The highest BCUT2D eigenvalue weighted by Crippen LogP contribution is 2.55. The molecule has 0 aliphatic carbocycles. The third-order valence-corrected chi connectivity index (χ3v) is 6.85. The normalized spacial score (nSPS) is 14.4. The van der Waals surface area contributed by atoms with E-state index in [4.69, 9.17) is 11.6 Å². The van der Waals surface area contributed by atoms with Crippen molar-refractivity contribution in [3.63, 3.8) is 0 Å². The van der Waals surface area contributed by atoms with Gasteiger partial charge in [0, 0.05) is 15.5 Å². The lowest BCUT2D eigenvalue weighted by molar-refractivity contribution is -0.382. The Morgan fingerprint density at radius 1 is 0.839 bits per heavy atom. The average Bonchev–Trinajstić information content (AvgIpc) is 3.03. The number of hydrogen-bond acceptors (Lipinski definition) is 4. The molecule has 15 heteroatoms. The summed E-state index contributed by atoms with van der Waals surface area (Å²) in [6.07, 6.45) is -7.17. The molecule has 0 atom stereocenters. The Hall–Kier alpha value is -1.93. The summed E-state index contributed by atoms with van der Waals surface area (Å²) in [5, 5.41) is -6.50. The zero-order valence-corrected chi connectivity index (χ0v) is 16.7. The molecule has 3 rings (SSSR count). The van der Waals surface area contributed by atoms with E-state index in [0.29, 0.717) is 16.2 Å². The van der Waals surface area contributed by atoms with Crippen LogP contribution >= 0.6 is 22.9 Å².